The van der Waals surface area contributed by atoms with Crippen molar-refractivity contribution in [2.75, 3.05) is 24.7 Å². The highest BCUT2D eigenvalue weighted by Crippen LogP contribution is 2.28. The highest BCUT2D eigenvalue weighted by Gasteiger charge is 2.18. The van der Waals surface area contributed by atoms with Gasteiger partial charge in [-0.15, -0.1) is 0 Å². The smallest absolute Gasteiger partial charge is 0.264 e. The van der Waals surface area contributed by atoms with E-state index >= 15 is 0 Å². The van der Waals surface area contributed by atoms with Crippen LogP contribution in [0.3, 0.4) is 0 Å². The molecule has 6 heteroatoms. The maximum Gasteiger partial charge on any atom is 0.264 e. The SMILES string of the molecule is CS(=O)(=O)OCCC1CNc2ccccc2O1. The Labute approximate surface area is 101 Å². The van der Waals surface area contributed by atoms with Crippen molar-refractivity contribution < 1.29 is 17.3 Å². The van der Waals surface area contributed by atoms with Crippen molar-refractivity contribution in [2.45, 2.75) is 12.5 Å². The lowest BCUT2D eigenvalue weighted by Gasteiger charge is -2.27. The first-order valence-electron chi connectivity index (χ1n) is 5.38. The third-order valence-corrected chi connectivity index (χ3v) is 3.03. The molecule has 0 aromatic heterocycles. The Balaban J connectivity index is 1.86. The molecule has 0 fully saturated rings. The highest BCUT2D eigenvalue weighted by atomic mass is 32.2. The number of hydrogen-bond acceptors (Lipinski definition) is 5. The Bertz CT molecular complexity index is 486. The van der Waals surface area contributed by atoms with Gasteiger partial charge in [0.15, 0.2) is 0 Å². The summed E-state index contributed by atoms with van der Waals surface area (Å²) in [5.41, 5.74) is 0.966. The number of ether oxygens (including phenoxy) is 1. The zero-order valence-corrected chi connectivity index (χ0v) is 10.4. The first-order valence-corrected chi connectivity index (χ1v) is 7.20. The Hall–Kier alpha value is -1.27. The number of para-hydroxylation sites is 2. The van der Waals surface area contributed by atoms with E-state index in [0.29, 0.717) is 13.0 Å². The first-order chi connectivity index (χ1) is 8.04. The molecule has 0 radical (unpaired) electrons. The summed E-state index contributed by atoms with van der Waals surface area (Å²) in [6.45, 7) is 0.803. The van der Waals surface area contributed by atoms with Crippen molar-refractivity contribution in [3.63, 3.8) is 0 Å². The van der Waals surface area contributed by atoms with Crippen LogP contribution in [0.1, 0.15) is 6.42 Å². The van der Waals surface area contributed by atoms with E-state index in [0.717, 1.165) is 17.7 Å². The average Bonchev–Trinajstić information content (AvgIpc) is 2.27. The molecular formula is C11H15NO4S. The molecule has 1 aromatic rings. The Morgan fingerprint density at radius 2 is 2.24 bits per heavy atom. The molecule has 5 nitrogen and oxygen atoms in total. The Kier molecular flexibility index (Phi) is 3.54. The van der Waals surface area contributed by atoms with Gasteiger partial charge in [0.2, 0.25) is 0 Å². The summed E-state index contributed by atoms with van der Waals surface area (Å²) in [7, 11) is -3.36. The molecule has 1 aromatic carbocycles. The largest absolute Gasteiger partial charge is 0.486 e. The topological polar surface area (TPSA) is 64.6 Å². The zero-order valence-electron chi connectivity index (χ0n) is 9.55. The molecule has 1 heterocycles. The van der Waals surface area contributed by atoms with Crippen LogP contribution in [-0.2, 0) is 14.3 Å². The zero-order chi connectivity index (χ0) is 12.3. The van der Waals surface area contributed by atoms with E-state index in [1.54, 1.807) is 0 Å². The van der Waals surface area contributed by atoms with E-state index in [-0.39, 0.29) is 12.7 Å². The second kappa shape index (κ2) is 4.93. The fourth-order valence-electron chi connectivity index (χ4n) is 1.65. The molecule has 1 aliphatic heterocycles. The van der Waals surface area contributed by atoms with E-state index < -0.39 is 10.1 Å². The van der Waals surface area contributed by atoms with Gasteiger partial charge in [0.25, 0.3) is 10.1 Å². The summed E-state index contributed by atoms with van der Waals surface area (Å²) in [5.74, 6) is 0.795. The fourth-order valence-corrected chi connectivity index (χ4v) is 2.05. The lowest BCUT2D eigenvalue weighted by molar-refractivity contribution is 0.168. The summed E-state index contributed by atoms with van der Waals surface area (Å²) in [5, 5.41) is 3.23. The second-order valence-corrected chi connectivity index (χ2v) is 5.58. The molecule has 0 bridgehead atoms. The highest BCUT2D eigenvalue weighted by molar-refractivity contribution is 7.85. The van der Waals surface area contributed by atoms with Crippen molar-refractivity contribution in [3.8, 4) is 5.75 Å². The third-order valence-electron chi connectivity index (χ3n) is 2.44. The molecule has 1 N–H and O–H groups in total. The number of anilines is 1. The number of benzene rings is 1. The molecule has 2 rings (SSSR count). The Morgan fingerprint density at radius 1 is 1.47 bits per heavy atom. The van der Waals surface area contributed by atoms with Crippen LogP contribution >= 0.6 is 0 Å². The van der Waals surface area contributed by atoms with Gasteiger partial charge in [-0.1, -0.05) is 12.1 Å². The van der Waals surface area contributed by atoms with Crippen molar-refractivity contribution in [1.29, 1.82) is 0 Å². The van der Waals surface area contributed by atoms with Gasteiger partial charge >= 0.3 is 0 Å². The van der Waals surface area contributed by atoms with E-state index in [9.17, 15) is 8.42 Å². The predicted octanol–water partition coefficient (Wildman–Crippen LogP) is 1.23. The van der Waals surface area contributed by atoms with Crippen LogP contribution in [0.4, 0.5) is 5.69 Å². The molecule has 1 unspecified atom stereocenters. The number of nitrogens with one attached hydrogen (secondary N) is 1. The molecule has 0 aliphatic carbocycles. The van der Waals surface area contributed by atoms with Gasteiger partial charge in [-0.05, 0) is 12.1 Å². The molecule has 0 saturated heterocycles. The van der Waals surface area contributed by atoms with Crippen LogP contribution in [0.2, 0.25) is 0 Å². The Morgan fingerprint density at radius 3 is 3.00 bits per heavy atom. The van der Waals surface area contributed by atoms with Crippen molar-refractivity contribution in [1.82, 2.24) is 0 Å². The standard InChI is InChI=1S/C11H15NO4S/c1-17(13,14)15-7-6-9-8-12-10-4-2-3-5-11(10)16-9/h2-5,9,12H,6-8H2,1H3. The summed E-state index contributed by atoms with van der Waals surface area (Å²) in [4.78, 5) is 0. The van der Waals surface area contributed by atoms with Gasteiger partial charge in [-0.2, -0.15) is 8.42 Å². The molecule has 1 aliphatic rings. The lowest BCUT2D eigenvalue weighted by atomic mass is 10.2. The van der Waals surface area contributed by atoms with Crippen LogP contribution in [-0.4, -0.2) is 33.9 Å². The third kappa shape index (κ3) is 3.61. The molecular weight excluding hydrogens is 242 g/mol. The molecule has 0 amide bonds. The molecule has 94 valence electrons. The molecule has 0 spiro atoms. The van der Waals surface area contributed by atoms with E-state index in [2.05, 4.69) is 9.50 Å². The summed E-state index contributed by atoms with van der Waals surface area (Å²) < 4.78 is 32.0. The molecule has 0 saturated carbocycles. The normalized spacial score (nSPS) is 19.0. The van der Waals surface area contributed by atoms with Crippen LogP contribution < -0.4 is 10.1 Å². The summed E-state index contributed by atoms with van der Waals surface area (Å²) in [6, 6.07) is 7.66. The monoisotopic (exact) mass is 257 g/mol. The number of hydrogen-bond donors (Lipinski definition) is 1. The van der Waals surface area contributed by atoms with Crippen LogP contribution in [0.15, 0.2) is 24.3 Å². The fraction of sp³-hybridized carbons (Fsp3) is 0.455. The van der Waals surface area contributed by atoms with Crippen LogP contribution in [0.25, 0.3) is 0 Å². The molecule has 17 heavy (non-hydrogen) atoms. The van der Waals surface area contributed by atoms with Gasteiger partial charge in [0, 0.05) is 6.42 Å². The maximum absolute atomic E-state index is 10.8. The lowest BCUT2D eigenvalue weighted by Crippen LogP contribution is -2.32. The second-order valence-electron chi connectivity index (χ2n) is 3.93. The van der Waals surface area contributed by atoms with Gasteiger partial charge in [0.05, 0.1) is 25.1 Å². The van der Waals surface area contributed by atoms with Gasteiger partial charge in [-0.25, -0.2) is 0 Å². The minimum absolute atomic E-state index is 0.0633. The number of rotatable bonds is 4. The minimum atomic E-state index is -3.36. The first kappa shape index (κ1) is 12.2. The van der Waals surface area contributed by atoms with Gasteiger partial charge in [0.1, 0.15) is 11.9 Å². The van der Waals surface area contributed by atoms with Crippen molar-refractivity contribution >= 4 is 15.8 Å². The molecule has 1 atom stereocenters. The van der Waals surface area contributed by atoms with E-state index in [4.69, 9.17) is 4.74 Å². The van der Waals surface area contributed by atoms with Gasteiger partial charge < -0.3 is 10.1 Å². The predicted molar refractivity (Wildman–Crippen MR) is 64.8 cm³/mol. The average molecular weight is 257 g/mol. The van der Waals surface area contributed by atoms with Crippen LogP contribution in [0.5, 0.6) is 5.75 Å². The van der Waals surface area contributed by atoms with Gasteiger partial charge in [-0.3, -0.25) is 4.18 Å². The summed E-state index contributed by atoms with van der Waals surface area (Å²) >= 11 is 0. The number of fused-ring (bicyclic) bond motifs is 1. The van der Waals surface area contributed by atoms with Crippen molar-refractivity contribution in [2.24, 2.45) is 0 Å². The minimum Gasteiger partial charge on any atom is -0.486 e. The quantitative estimate of drug-likeness (QED) is 0.822. The van der Waals surface area contributed by atoms with Crippen LogP contribution in [0, 0.1) is 0 Å². The van der Waals surface area contributed by atoms with E-state index in [1.165, 1.54) is 0 Å². The maximum atomic E-state index is 10.8. The summed E-state index contributed by atoms with van der Waals surface area (Å²) in [6.07, 6.45) is 1.52. The van der Waals surface area contributed by atoms with Crippen molar-refractivity contribution in [3.05, 3.63) is 24.3 Å². The van der Waals surface area contributed by atoms with E-state index in [1.807, 2.05) is 24.3 Å².